The fourth-order valence-corrected chi connectivity index (χ4v) is 3.72. The van der Waals surface area contributed by atoms with E-state index in [0.29, 0.717) is 5.39 Å². The van der Waals surface area contributed by atoms with E-state index in [1.807, 2.05) is 12.1 Å². The first kappa shape index (κ1) is 23.4. The van der Waals surface area contributed by atoms with Crippen molar-refractivity contribution in [2.45, 2.75) is 32.8 Å². The van der Waals surface area contributed by atoms with Crippen LogP contribution in [0.5, 0.6) is 5.75 Å². The molecule has 0 saturated heterocycles. The number of hydrogen-bond donors (Lipinski definition) is 0. The van der Waals surface area contributed by atoms with E-state index in [4.69, 9.17) is 0 Å². The maximum Gasteiger partial charge on any atom is 0.387 e. The summed E-state index contributed by atoms with van der Waals surface area (Å²) >= 11 is 0. The zero-order chi connectivity index (χ0) is 24.1. The number of halogens is 4. The minimum absolute atomic E-state index is 0.161. The van der Waals surface area contributed by atoms with Gasteiger partial charge < -0.3 is 4.74 Å². The molecule has 4 aromatic carbocycles. The van der Waals surface area contributed by atoms with Gasteiger partial charge in [0.15, 0.2) is 11.6 Å². The summed E-state index contributed by atoms with van der Waals surface area (Å²) in [6, 6.07) is 20.7. The lowest BCUT2D eigenvalue weighted by Crippen LogP contribution is -2.03. The Kier molecular flexibility index (Phi) is 7.18. The van der Waals surface area contributed by atoms with E-state index < -0.39 is 24.0 Å². The molecular formula is C29H22F4O. The second-order valence-corrected chi connectivity index (χ2v) is 7.94. The standard InChI is InChI=1S/C29H22F4O/c1-2-3-4-19-5-9-21(10-6-19)23-14-15-25-24(18-23)13-12-22(28(25)31)11-7-20-8-16-27(26(30)17-20)34-29(32)33/h5-6,8-10,12-18,29H,2-4H2,1H3. The molecule has 0 spiro atoms. The number of benzene rings is 4. The Balaban J connectivity index is 1.58. The molecule has 0 unspecified atom stereocenters. The van der Waals surface area contributed by atoms with E-state index in [1.54, 1.807) is 18.2 Å². The normalized spacial score (nSPS) is 10.9. The van der Waals surface area contributed by atoms with Crippen LogP contribution in [0.4, 0.5) is 17.6 Å². The molecule has 0 bridgehead atoms. The molecule has 0 aromatic heterocycles. The van der Waals surface area contributed by atoms with Crippen LogP contribution < -0.4 is 4.74 Å². The van der Waals surface area contributed by atoms with Crippen molar-refractivity contribution >= 4 is 10.8 Å². The van der Waals surface area contributed by atoms with Gasteiger partial charge in [-0.15, -0.1) is 0 Å². The van der Waals surface area contributed by atoms with Crippen LogP contribution in [0.25, 0.3) is 21.9 Å². The van der Waals surface area contributed by atoms with Gasteiger partial charge in [-0.2, -0.15) is 8.78 Å². The average Bonchev–Trinajstić information content (AvgIpc) is 2.84. The number of ether oxygens (including phenoxy) is 1. The molecule has 172 valence electrons. The number of fused-ring (bicyclic) bond motifs is 1. The lowest BCUT2D eigenvalue weighted by Gasteiger charge is -2.07. The van der Waals surface area contributed by atoms with Crippen molar-refractivity contribution in [2.75, 3.05) is 0 Å². The fourth-order valence-electron chi connectivity index (χ4n) is 3.72. The maximum absolute atomic E-state index is 15.1. The lowest BCUT2D eigenvalue weighted by atomic mass is 9.98. The minimum atomic E-state index is -3.12. The van der Waals surface area contributed by atoms with Gasteiger partial charge in [0.25, 0.3) is 0 Å². The van der Waals surface area contributed by atoms with E-state index in [-0.39, 0.29) is 11.1 Å². The Hall–Kier alpha value is -3.78. The second-order valence-electron chi connectivity index (χ2n) is 7.94. The molecule has 34 heavy (non-hydrogen) atoms. The first-order valence-corrected chi connectivity index (χ1v) is 11.0. The van der Waals surface area contributed by atoms with Gasteiger partial charge in [0.2, 0.25) is 0 Å². The van der Waals surface area contributed by atoms with Crippen molar-refractivity contribution in [1.29, 1.82) is 0 Å². The molecule has 0 aliphatic rings. The van der Waals surface area contributed by atoms with Crippen LogP contribution in [-0.4, -0.2) is 6.61 Å². The van der Waals surface area contributed by atoms with Gasteiger partial charge in [-0.3, -0.25) is 0 Å². The third-order valence-electron chi connectivity index (χ3n) is 5.55. The summed E-state index contributed by atoms with van der Waals surface area (Å²) in [6.45, 7) is -0.950. The van der Waals surface area contributed by atoms with E-state index in [9.17, 15) is 13.2 Å². The Labute approximate surface area is 196 Å². The predicted octanol–water partition coefficient (Wildman–Crippen LogP) is 8.13. The second kappa shape index (κ2) is 10.4. The average molecular weight is 462 g/mol. The van der Waals surface area contributed by atoms with Crippen molar-refractivity contribution in [3.05, 3.63) is 101 Å². The molecular weight excluding hydrogens is 440 g/mol. The highest BCUT2D eigenvalue weighted by Crippen LogP contribution is 2.28. The summed E-state index contributed by atoms with van der Waals surface area (Å²) in [4.78, 5) is 0. The van der Waals surface area contributed by atoms with Gasteiger partial charge in [-0.05, 0) is 65.3 Å². The molecule has 1 nitrogen and oxygen atoms in total. The third kappa shape index (κ3) is 5.40. The Morgan fingerprint density at radius 2 is 1.59 bits per heavy atom. The topological polar surface area (TPSA) is 9.23 Å². The molecule has 0 aliphatic carbocycles. The Morgan fingerprint density at radius 3 is 2.29 bits per heavy atom. The lowest BCUT2D eigenvalue weighted by molar-refractivity contribution is -0.0521. The minimum Gasteiger partial charge on any atom is -0.432 e. The monoisotopic (exact) mass is 462 g/mol. The van der Waals surface area contributed by atoms with Crippen LogP contribution >= 0.6 is 0 Å². The van der Waals surface area contributed by atoms with Crippen molar-refractivity contribution in [2.24, 2.45) is 0 Å². The van der Waals surface area contributed by atoms with Crippen LogP contribution in [0.2, 0.25) is 0 Å². The molecule has 0 atom stereocenters. The molecule has 0 aliphatic heterocycles. The van der Waals surface area contributed by atoms with Gasteiger partial charge in [0.1, 0.15) is 5.82 Å². The van der Waals surface area contributed by atoms with Gasteiger partial charge in [-0.25, -0.2) is 8.78 Å². The van der Waals surface area contributed by atoms with E-state index >= 15 is 4.39 Å². The van der Waals surface area contributed by atoms with Crippen LogP contribution in [-0.2, 0) is 6.42 Å². The summed E-state index contributed by atoms with van der Waals surface area (Å²) in [5, 5.41) is 1.18. The highest BCUT2D eigenvalue weighted by atomic mass is 19.3. The molecule has 0 heterocycles. The summed E-state index contributed by atoms with van der Waals surface area (Å²) in [7, 11) is 0. The number of hydrogen-bond acceptors (Lipinski definition) is 1. The Bertz CT molecular complexity index is 1370. The van der Waals surface area contributed by atoms with Crippen LogP contribution in [0.15, 0.2) is 72.8 Å². The van der Waals surface area contributed by atoms with Crippen molar-refractivity contribution in [1.82, 2.24) is 0 Å². The zero-order valence-electron chi connectivity index (χ0n) is 18.5. The molecule has 4 rings (SSSR count). The number of alkyl halides is 2. The van der Waals surface area contributed by atoms with Gasteiger partial charge >= 0.3 is 6.61 Å². The summed E-state index contributed by atoms with van der Waals surface area (Å²) < 4.78 is 57.6. The van der Waals surface area contributed by atoms with E-state index in [0.717, 1.165) is 47.9 Å². The molecule has 0 amide bonds. The van der Waals surface area contributed by atoms with Crippen LogP contribution in [0, 0.1) is 23.5 Å². The smallest absolute Gasteiger partial charge is 0.387 e. The first-order valence-electron chi connectivity index (χ1n) is 11.0. The van der Waals surface area contributed by atoms with Crippen molar-refractivity contribution < 1.29 is 22.3 Å². The van der Waals surface area contributed by atoms with Gasteiger partial charge in [0, 0.05) is 10.9 Å². The van der Waals surface area contributed by atoms with E-state index in [1.165, 1.54) is 11.6 Å². The largest absolute Gasteiger partial charge is 0.432 e. The van der Waals surface area contributed by atoms with E-state index in [2.05, 4.69) is 47.8 Å². The third-order valence-corrected chi connectivity index (χ3v) is 5.55. The number of rotatable bonds is 6. The molecule has 4 aromatic rings. The highest BCUT2D eigenvalue weighted by molar-refractivity contribution is 5.89. The zero-order valence-corrected chi connectivity index (χ0v) is 18.5. The van der Waals surface area contributed by atoms with Crippen LogP contribution in [0.3, 0.4) is 0 Å². The Morgan fingerprint density at radius 1 is 0.824 bits per heavy atom. The molecule has 0 saturated carbocycles. The maximum atomic E-state index is 15.1. The van der Waals surface area contributed by atoms with Gasteiger partial charge in [0.05, 0.1) is 5.56 Å². The summed E-state index contributed by atoms with van der Waals surface area (Å²) in [5.74, 6) is 3.37. The number of unbranched alkanes of at least 4 members (excludes halogenated alkanes) is 1. The van der Waals surface area contributed by atoms with Crippen LogP contribution in [0.1, 0.15) is 36.5 Å². The molecule has 0 N–H and O–H groups in total. The van der Waals surface area contributed by atoms with Gasteiger partial charge in [-0.1, -0.05) is 67.6 Å². The molecule has 0 fully saturated rings. The number of aryl methyl sites for hydroxylation is 1. The quantitative estimate of drug-likeness (QED) is 0.208. The summed E-state index contributed by atoms with van der Waals surface area (Å²) in [6.07, 6.45) is 3.38. The SMILES string of the molecule is CCCCc1ccc(-c2ccc3c(F)c(C#Cc4ccc(OC(F)F)c(F)c4)ccc3c2)cc1. The molecule has 0 radical (unpaired) electrons. The summed E-state index contributed by atoms with van der Waals surface area (Å²) in [5.41, 5.74) is 3.74. The fraction of sp³-hybridized carbons (Fsp3) is 0.172. The van der Waals surface area contributed by atoms with Crippen molar-refractivity contribution in [3.63, 3.8) is 0 Å². The first-order chi connectivity index (χ1) is 16.4. The van der Waals surface area contributed by atoms with Crippen molar-refractivity contribution in [3.8, 4) is 28.7 Å². The molecule has 5 heteroatoms. The predicted molar refractivity (Wildman–Crippen MR) is 127 cm³/mol. The highest BCUT2D eigenvalue weighted by Gasteiger charge is 2.10.